The highest BCUT2D eigenvalue weighted by atomic mass is 79.9. The van der Waals surface area contributed by atoms with Crippen LogP contribution in [0.5, 0.6) is 0 Å². The monoisotopic (exact) mass is 427 g/mol. The normalized spacial score (nSPS) is 12.3. The third-order valence-corrected chi connectivity index (χ3v) is 5.38. The number of halogens is 2. The molecular formula is C17H19Br2NS. The maximum absolute atomic E-state index is 3.59. The Kier molecular flexibility index (Phi) is 7.30. The molecule has 0 fully saturated rings. The highest BCUT2D eigenvalue weighted by Gasteiger charge is 2.09. The fraction of sp³-hybridized carbons (Fsp3) is 0.294. The zero-order valence-electron chi connectivity index (χ0n) is 12.0. The van der Waals surface area contributed by atoms with Crippen LogP contribution in [-0.2, 0) is 6.42 Å². The minimum Gasteiger partial charge on any atom is -0.313 e. The van der Waals surface area contributed by atoms with Crippen molar-refractivity contribution < 1.29 is 0 Å². The van der Waals surface area contributed by atoms with Gasteiger partial charge in [-0.1, -0.05) is 50.9 Å². The number of rotatable bonds is 7. The Morgan fingerprint density at radius 3 is 2.10 bits per heavy atom. The van der Waals surface area contributed by atoms with Gasteiger partial charge < -0.3 is 5.32 Å². The van der Waals surface area contributed by atoms with Gasteiger partial charge in [-0.05, 0) is 54.9 Å². The van der Waals surface area contributed by atoms with Crippen molar-refractivity contribution in [2.24, 2.45) is 0 Å². The minimum atomic E-state index is 0.491. The predicted molar refractivity (Wildman–Crippen MR) is 100 cm³/mol. The first kappa shape index (κ1) is 17.1. The molecule has 1 nitrogen and oxygen atoms in total. The summed E-state index contributed by atoms with van der Waals surface area (Å²) in [6.45, 7) is 3.17. The van der Waals surface area contributed by atoms with Crippen LogP contribution in [0.1, 0.15) is 12.5 Å². The molecule has 0 radical (unpaired) electrons. The van der Waals surface area contributed by atoms with Crippen LogP contribution in [0.2, 0.25) is 0 Å². The first-order valence-electron chi connectivity index (χ1n) is 7.03. The molecule has 0 spiro atoms. The van der Waals surface area contributed by atoms with Gasteiger partial charge in [-0.15, -0.1) is 11.8 Å². The summed E-state index contributed by atoms with van der Waals surface area (Å²) in [6, 6.07) is 17.6. The molecule has 21 heavy (non-hydrogen) atoms. The largest absolute Gasteiger partial charge is 0.313 e. The highest BCUT2D eigenvalue weighted by Crippen LogP contribution is 2.22. The van der Waals surface area contributed by atoms with Crippen LogP contribution in [0.4, 0.5) is 0 Å². The summed E-state index contributed by atoms with van der Waals surface area (Å²) in [5, 5.41) is 3.59. The van der Waals surface area contributed by atoms with Crippen molar-refractivity contribution in [2.75, 3.05) is 12.3 Å². The van der Waals surface area contributed by atoms with Crippen molar-refractivity contribution in [2.45, 2.75) is 24.3 Å². The SMILES string of the molecule is CCNC(CSc1ccc(Br)cc1)Cc1ccc(Br)cc1. The number of nitrogens with one attached hydrogen (secondary N) is 1. The van der Waals surface area contributed by atoms with E-state index >= 15 is 0 Å². The molecule has 4 heteroatoms. The van der Waals surface area contributed by atoms with Crippen LogP contribution in [0, 0.1) is 0 Å². The van der Waals surface area contributed by atoms with E-state index in [4.69, 9.17) is 0 Å². The summed E-state index contributed by atoms with van der Waals surface area (Å²) >= 11 is 8.87. The van der Waals surface area contributed by atoms with Crippen molar-refractivity contribution in [1.82, 2.24) is 5.32 Å². The average Bonchev–Trinajstić information content (AvgIpc) is 2.49. The van der Waals surface area contributed by atoms with E-state index in [1.54, 1.807) is 0 Å². The lowest BCUT2D eigenvalue weighted by atomic mass is 10.1. The summed E-state index contributed by atoms with van der Waals surface area (Å²) < 4.78 is 2.26. The third kappa shape index (κ3) is 6.15. The van der Waals surface area contributed by atoms with Crippen molar-refractivity contribution in [3.05, 3.63) is 63.0 Å². The molecule has 0 aliphatic carbocycles. The third-order valence-electron chi connectivity index (χ3n) is 3.15. The molecule has 112 valence electrons. The van der Waals surface area contributed by atoms with Gasteiger partial charge in [0.1, 0.15) is 0 Å². The second-order valence-corrected chi connectivity index (χ2v) is 7.77. The van der Waals surface area contributed by atoms with Crippen molar-refractivity contribution in [1.29, 1.82) is 0 Å². The fourth-order valence-electron chi connectivity index (χ4n) is 2.11. The Morgan fingerprint density at radius 2 is 1.52 bits per heavy atom. The molecule has 0 saturated carbocycles. The Balaban J connectivity index is 1.92. The van der Waals surface area contributed by atoms with Gasteiger partial charge in [-0.2, -0.15) is 0 Å². The second kappa shape index (κ2) is 8.99. The quantitative estimate of drug-likeness (QED) is 0.582. The summed E-state index contributed by atoms with van der Waals surface area (Å²) in [6.07, 6.45) is 1.06. The van der Waals surface area contributed by atoms with Crippen molar-refractivity contribution >= 4 is 43.6 Å². The van der Waals surface area contributed by atoms with E-state index in [-0.39, 0.29) is 0 Å². The highest BCUT2D eigenvalue weighted by molar-refractivity contribution is 9.10. The van der Waals surface area contributed by atoms with Crippen LogP contribution in [0.15, 0.2) is 62.4 Å². The Hall–Kier alpha value is -0.290. The molecule has 2 rings (SSSR count). The lowest BCUT2D eigenvalue weighted by Crippen LogP contribution is -2.33. The van der Waals surface area contributed by atoms with E-state index in [2.05, 4.69) is 92.6 Å². The van der Waals surface area contributed by atoms with E-state index in [1.807, 2.05) is 11.8 Å². The van der Waals surface area contributed by atoms with Crippen LogP contribution < -0.4 is 5.32 Å². The number of benzene rings is 2. The molecule has 0 saturated heterocycles. The molecule has 1 N–H and O–H groups in total. The Morgan fingerprint density at radius 1 is 0.952 bits per heavy atom. The first-order chi connectivity index (χ1) is 10.2. The molecular weight excluding hydrogens is 410 g/mol. The van der Waals surface area contributed by atoms with E-state index < -0.39 is 0 Å². The van der Waals surface area contributed by atoms with Gasteiger partial charge in [0.2, 0.25) is 0 Å². The molecule has 0 aromatic heterocycles. The van der Waals surface area contributed by atoms with Gasteiger partial charge in [0.25, 0.3) is 0 Å². The Bertz CT molecular complexity index is 540. The fourth-order valence-corrected chi connectivity index (χ4v) is 3.60. The molecule has 1 atom stereocenters. The van der Waals surface area contributed by atoms with Gasteiger partial charge >= 0.3 is 0 Å². The summed E-state index contributed by atoms with van der Waals surface area (Å²) in [4.78, 5) is 1.32. The maximum Gasteiger partial charge on any atom is 0.0201 e. The lowest BCUT2D eigenvalue weighted by molar-refractivity contribution is 0.572. The van der Waals surface area contributed by atoms with Gasteiger partial charge in [-0.25, -0.2) is 0 Å². The zero-order valence-corrected chi connectivity index (χ0v) is 16.0. The van der Waals surface area contributed by atoms with Gasteiger partial charge in [0.15, 0.2) is 0 Å². The van der Waals surface area contributed by atoms with Gasteiger partial charge in [0, 0.05) is 25.6 Å². The van der Waals surface area contributed by atoms with E-state index in [9.17, 15) is 0 Å². The zero-order chi connectivity index (χ0) is 15.1. The number of thioether (sulfide) groups is 1. The average molecular weight is 429 g/mol. The van der Waals surface area contributed by atoms with Crippen LogP contribution >= 0.6 is 43.6 Å². The molecule has 2 aromatic rings. The van der Waals surface area contributed by atoms with E-state index in [0.717, 1.165) is 27.7 Å². The van der Waals surface area contributed by atoms with Crippen LogP contribution in [-0.4, -0.2) is 18.3 Å². The topological polar surface area (TPSA) is 12.0 Å². The molecule has 0 heterocycles. The first-order valence-corrected chi connectivity index (χ1v) is 9.60. The maximum atomic E-state index is 3.59. The number of hydrogen-bond acceptors (Lipinski definition) is 2. The molecule has 0 aliphatic rings. The predicted octanol–water partition coefficient (Wildman–Crippen LogP) is 5.52. The smallest absolute Gasteiger partial charge is 0.0201 e. The summed E-state index contributed by atoms with van der Waals surface area (Å²) in [5.74, 6) is 1.07. The second-order valence-electron chi connectivity index (χ2n) is 4.85. The number of likely N-dealkylation sites (N-methyl/N-ethyl adjacent to an activating group) is 1. The lowest BCUT2D eigenvalue weighted by Gasteiger charge is -2.17. The summed E-state index contributed by atoms with van der Waals surface area (Å²) in [5.41, 5.74) is 1.38. The molecule has 0 aliphatic heterocycles. The number of hydrogen-bond donors (Lipinski definition) is 1. The van der Waals surface area contributed by atoms with Crippen molar-refractivity contribution in [3.63, 3.8) is 0 Å². The minimum absolute atomic E-state index is 0.491. The van der Waals surface area contributed by atoms with Crippen molar-refractivity contribution in [3.8, 4) is 0 Å². The van der Waals surface area contributed by atoms with Crippen LogP contribution in [0.3, 0.4) is 0 Å². The van der Waals surface area contributed by atoms with Gasteiger partial charge in [0.05, 0.1) is 0 Å². The van der Waals surface area contributed by atoms with Gasteiger partial charge in [-0.3, -0.25) is 0 Å². The van der Waals surface area contributed by atoms with E-state index in [1.165, 1.54) is 10.5 Å². The van der Waals surface area contributed by atoms with E-state index in [0.29, 0.717) is 6.04 Å². The standard InChI is InChI=1S/C17H19Br2NS/c1-2-20-16(11-13-3-5-14(18)6-4-13)12-21-17-9-7-15(19)8-10-17/h3-10,16,20H,2,11-12H2,1H3. The molecule has 2 aromatic carbocycles. The summed E-state index contributed by atoms with van der Waals surface area (Å²) in [7, 11) is 0. The molecule has 0 amide bonds. The van der Waals surface area contributed by atoms with Crippen LogP contribution in [0.25, 0.3) is 0 Å². The molecule has 0 bridgehead atoms. The molecule has 1 unspecified atom stereocenters. The Labute approximate surface area is 148 Å².